The van der Waals surface area contributed by atoms with Crippen LogP contribution < -0.4 is 10.6 Å². The van der Waals surface area contributed by atoms with Crippen molar-refractivity contribution in [3.63, 3.8) is 0 Å². The Hall–Kier alpha value is -3.13. The first-order chi connectivity index (χ1) is 15.0. The number of rotatable bonds is 5. The quantitative estimate of drug-likeness (QED) is 0.649. The molecule has 2 aromatic carbocycles. The molecular weight excluding hydrogens is 405 g/mol. The van der Waals surface area contributed by atoms with Crippen molar-refractivity contribution in [2.45, 2.75) is 31.8 Å². The number of halogens is 3. The monoisotopic (exact) mass is 428 g/mol. The first-order valence-corrected chi connectivity index (χ1v) is 10.3. The van der Waals surface area contributed by atoms with E-state index in [1.807, 2.05) is 6.92 Å². The second-order valence-corrected chi connectivity index (χ2v) is 7.58. The Morgan fingerprint density at radius 1 is 1.13 bits per heavy atom. The number of aryl methyl sites for hydroxylation is 1. The van der Waals surface area contributed by atoms with Crippen LogP contribution in [0.25, 0.3) is 11.3 Å². The predicted molar refractivity (Wildman–Crippen MR) is 111 cm³/mol. The van der Waals surface area contributed by atoms with Crippen molar-refractivity contribution in [1.29, 1.82) is 0 Å². The van der Waals surface area contributed by atoms with E-state index in [-0.39, 0.29) is 17.5 Å². The van der Waals surface area contributed by atoms with Gasteiger partial charge in [0.05, 0.1) is 11.3 Å². The fourth-order valence-electron chi connectivity index (χ4n) is 4.09. The second kappa shape index (κ2) is 8.93. The van der Waals surface area contributed by atoms with E-state index in [1.165, 1.54) is 18.2 Å². The van der Waals surface area contributed by atoms with E-state index in [9.17, 15) is 18.0 Å². The number of piperidine rings is 1. The van der Waals surface area contributed by atoms with Crippen LogP contribution in [0, 0.1) is 17.5 Å². The average molecular weight is 428 g/mol. The van der Waals surface area contributed by atoms with E-state index < -0.39 is 23.4 Å². The van der Waals surface area contributed by atoms with Crippen LogP contribution in [0.3, 0.4) is 0 Å². The molecule has 1 amide bonds. The number of nitrogens with zero attached hydrogens (tertiary/aromatic N) is 2. The lowest BCUT2D eigenvalue weighted by Crippen LogP contribution is -2.50. The van der Waals surface area contributed by atoms with Crippen molar-refractivity contribution in [2.75, 3.05) is 13.1 Å². The van der Waals surface area contributed by atoms with E-state index >= 15 is 0 Å². The fourth-order valence-corrected chi connectivity index (χ4v) is 4.09. The molecule has 1 aliphatic heterocycles. The molecule has 0 bridgehead atoms. The van der Waals surface area contributed by atoms with Gasteiger partial charge in [-0.05, 0) is 55.8 Å². The molecular formula is C23H23F3N4O. The second-order valence-electron chi connectivity index (χ2n) is 7.58. The third-order valence-corrected chi connectivity index (χ3v) is 5.70. The van der Waals surface area contributed by atoms with Gasteiger partial charge in [0, 0.05) is 36.8 Å². The van der Waals surface area contributed by atoms with Gasteiger partial charge in [0.25, 0.3) is 5.91 Å². The van der Waals surface area contributed by atoms with Gasteiger partial charge in [-0.25, -0.2) is 13.2 Å². The van der Waals surface area contributed by atoms with Crippen LogP contribution in [0.2, 0.25) is 0 Å². The molecule has 1 saturated heterocycles. The smallest absolute Gasteiger partial charge is 0.254 e. The number of benzene rings is 2. The van der Waals surface area contributed by atoms with Crippen molar-refractivity contribution < 1.29 is 18.0 Å². The zero-order chi connectivity index (χ0) is 22.0. The highest BCUT2D eigenvalue weighted by atomic mass is 19.2. The number of nitrogens with one attached hydrogen (secondary N) is 2. The van der Waals surface area contributed by atoms with E-state index in [4.69, 9.17) is 0 Å². The number of amides is 1. The molecule has 8 heteroatoms. The minimum atomic E-state index is -0.922. The molecule has 0 aliphatic carbocycles. The van der Waals surface area contributed by atoms with Crippen LogP contribution in [0.4, 0.5) is 13.2 Å². The van der Waals surface area contributed by atoms with Gasteiger partial charge in [0.2, 0.25) is 0 Å². The van der Waals surface area contributed by atoms with Crippen LogP contribution in [0.1, 0.15) is 35.2 Å². The molecule has 5 nitrogen and oxygen atoms in total. The number of aromatic nitrogens is 2. The number of hydrogen-bond acceptors (Lipinski definition) is 3. The average Bonchev–Trinajstić information content (AvgIpc) is 3.25. The Balaban J connectivity index is 1.54. The zero-order valence-corrected chi connectivity index (χ0v) is 17.0. The van der Waals surface area contributed by atoms with Gasteiger partial charge in [-0.15, -0.1) is 0 Å². The van der Waals surface area contributed by atoms with Gasteiger partial charge < -0.3 is 10.6 Å². The normalized spacial score (nSPS) is 18.7. The number of hydrogen-bond donors (Lipinski definition) is 2. The predicted octanol–water partition coefficient (Wildman–Crippen LogP) is 3.86. The van der Waals surface area contributed by atoms with Crippen molar-refractivity contribution in [1.82, 2.24) is 20.4 Å². The molecule has 1 fully saturated rings. The molecule has 162 valence electrons. The topological polar surface area (TPSA) is 59.0 Å². The van der Waals surface area contributed by atoms with Gasteiger partial charge in [-0.1, -0.05) is 12.1 Å². The van der Waals surface area contributed by atoms with Crippen molar-refractivity contribution in [3.8, 4) is 11.3 Å². The Labute approximate surface area is 178 Å². The Kier molecular flexibility index (Phi) is 6.08. The van der Waals surface area contributed by atoms with E-state index in [0.717, 1.165) is 17.8 Å². The van der Waals surface area contributed by atoms with E-state index in [2.05, 4.69) is 15.7 Å². The molecule has 2 atom stereocenters. The lowest BCUT2D eigenvalue weighted by atomic mass is 9.85. The van der Waals surface area contributed by atoms with Crippen molar-refractivity contribution >= 4 is 5.91 Å². The van der Waals surface area contributed by atoms with Crippen molar-refractivity contribution in [2.24, 2.45) is 0 Å². The minimum Gasteiger partial charge on any atom is -0.347 e. The van der Waals surface area contributed by atoms with Crippen LogP contribution in [-0.2, 0) is 6.54 Å². The maximum absolute atomic E-state index is 14.8. The summed E-state index contributed by atoms with van der Waals surface area (Å²) in [4.78, 5) is 12.8. The summed E-state index contributed by atoms with van der Waals surface area (Å²) in [6.07, 6.45) is 2.28. The van der Waals surface area contributed by atoms with Gasteiger partial charge >= 0.3 is 0 Å². The van der Waals surface area contributed by atoms with Gasteiger partial charge in [-0.2, -0.15) is 5.10 Å². The molecule has 1 aliphatic rings. The molecule has 3 aromatic rings. The third-order valence-electron chi connectivity index (χ3n) is 5.70. The highest BCUT2D eigenvalue weighted by Crippen LogP contribution is 2.28. The largest absolute Gasteiger partial charge is 0.347 e. The fraction of sp³-hybridized carbons (Fsp3) is 0.304. The first-order valence-electron chi connectivity index (χ1n) is 10.3. The Morgan fingerprint density at radius 3 is 2.71 bits per heavy atom. The van der Waals surface area contributed by atoms with Crippen LogP contribution >= 0.6 is 0 Å². The minimum absolute atomic E-state index is 0.0686. The van der Waals surface area contributed by atoms with E-state index in [1.54, 1.807) is 23.0 Å². The molecule has 1 aromatic heterocycles. The summed E-state index contributed by atoms with van der Waals surface area (Å²) in [5, 5.41) is 10.2. The Bertz CT molecular complexity index is 1100. The molecule has 0 saturated carbocycles. The highest BCUT2D eigenvalue weighted by Gasteiger charge is 2.29. The van der Waals surface area contributed by atoms with Crippen LogP contribution in [0.5, 0.6) is 0 Å². The summed E-state index contributed by atoms with van der Waals surface area (Å²) in [6.45, 7) is 3.72. The van der Waals surface area contributed by atoms with Crippen molar-refractivity contribution in [3.05, 3.63) is 77.2 Å². The van der Waals surface area contributed by atoms with E-state index in [0.29, 0.717) is 37.2 Å². The summed E-state index contributed by atoms with van der Waals surface area (Å²) < 4.78 is 43.6. The summed E-state index contributed by atoms with van der Waals surface area (Å²) in [7, 11) is 0. The van der Waals surface area contributed by atoms with Gasteiger partial charge in [0.15, 0.2) is 11.6 Å². The summed E-state index contributed by atoms with van der Waals surface area (Å²) in [5.74, 6) is -3.22. The maximum atomic E-state index is 14.8. The highest BCUT2D eigenvalue weighted by molar-refractivity contribution is 5.95. The molecule has 0 unspecified atom stereocenters. The van der Waals surface area contributed by atoms with Gasteiger partial charge in [-0.3, -0.25) is 9.48 Å². The summed E-state index contributed by atoms with van der Waals surface area (Å²) in [5.41, 5.74) is 1.94. The summed E-state index contributed by atoms with van der Waals surface area (Å²) in [6, 6.07) is 9.65. The summed E-state index contributed by atoms with van der Waals surface area (Å²) >= 11 is 0. The molecule has 31 heavy (non-hydrogen) atoms. The number of carbonyl (C=O) groups is 1. The third kappa shape index (κ3) is 4.34. The lowest BCUT2D eigenvalue weighted by molar-refractivity contribution is 0.0920. The molecule has 2 N–H and O–H groups in total. The number of carbonyl (C=O) groups excluding carboxylic acids is 1. The molecule has 0 radical (unpaired) electrons. The Morgan fingerprint density at radius 2 is 1.97 bits per heavy atom. The van der Waals surface area contributed by atoms with Crippen LogP contribution in [0.15, 0.2) is 48.7 Å². The molecule has 4 rings (SSSR count). The zero-order valence-electron chi connectivity index (χ0n) is 17.0. The van der Waals surface area contributed by atoms with Gasteiger partial charge in [0.1, 0.15) is 5.82 Å². The maximum Gasteiger partial charge on any atom is 0.254 e. The molecule has 0 spiro atoms. The SMILES string of the molecule is CCn1nccc1-c1ccc(C(=O)N[C@@H]2CNCC[C@H]2c2ccc(F)c(F)c2)c(F)c1. The lowest BCUT2D eigenvalue weighted by Gasteiger charge is -2.33. The first kappa shape index (κ1) is 21.1. The standard InChI is InChI=1S/C23H23F3N4O/c1-2-30-22(8-10-28-30)15-3-5-17(19(25)12-15)23(31)29-21-13-27-9-7-16(21)14-4-6-18(24)20(26)11-14/h3-6,8,10-12,16,21,27H,2,7,9,13H2,1H3,(H,29,31)/t16-,21+/m0/s1. The molecule has 2 heterocycles. The van der Waals surface area contributed by atoms with Crippen LogP contribution in [-0.4, -0.2) is 34.8 Å².